The number of hydrogen-bond donors (Lipinski definition) is 2. The summed E-state index contributed by atoms with van der Waals surface area (Å²) in [6.07, 6.45) is 0.562. The summed E-state index contributed by atoms with van der Waals surface area (Å²) in [5.74, 6) is -1.52. The maximum Gasteiger partial charge on any atom is 0.276 e. The molecule has 0 bridgehead atoms. The number of aliphatic hydroxyl groups excluding tert-OH is 1. The standard InChI is InChI=1S/C28H28N2O5S/c1-4-20(3)29-26-24(25(31)21-11-7-5-8-12-21)27(32)30(28(26,33)22-13-9-6-10-14-22)36(34,35)23-17-15-19(2)16-18-23/h5-18,20,31,33H,4H2,1-3H3/b25-24+,29-26?. The molecule has 36 heavy (non-hydrogen) atoms. The van der Waals surface area contributed by atoms with E-state index < -0.39 is 27.4 Å². The number of benzene rings is 3. The van der Waals surface area contributed by atoms with Crippen LogP contribution in [-0.4, -0.2) is 40.6 Å². The van der Waals surface area contributed by atoms with Gasteiger partial charge in [0.2, 0.25) is 5.72 Å². The molecule has 2 N–H and O–H groups in total. The summed E-state index contributed by atoms with van der Waals surface area (Å²) in [5, 5.41) is 23.5. The molecule has 0 radical (unpaired) electrons. The van der Waals surface area contributed by atoms with E-state index in [-0.39, 0.29) is 27.8 Å². The number of aliphatic imine (C=N–C) groups is 1. The second kappa shape index (κ2) is 9.72. The van der Waals surface area contributed by atoms with Crippen molar-refractivity contribution in [1.82, 2.24) is 4.31 Å². The molecule has 2 unspecified atom stereocenters. The van der Waals surface area contributed by atoms with Gasteiger partial charge >= 0.3 is 0 Å². The van der Waals surface area contributed by atoms with Gasteiger partial charge in [-0.05, 0) is 32.4 Å². The van der Waals surface area contributed by atoms with E-state index in [4.69, 9.17) is 0 Å². The van der Waals surface area contributed by atoms with Gasteiger partial charge in [0.15, 0.2) is 0 Å². The molecule has 0 aliphatic carbocycles. The first-order valence-corrected chi connectivity index (χ1v) is 13.1. The molecule has 2 atom stereocenters. The largest absolute Gasteiger partial charge is 0.506 e. The third kappa shape index (κ3) is 4.23. The molecule has 1 saturated heterocycles. The molecule has 4 rings (SSSR count). The molecule has 1 aliphatic rings. The zero-order valence-electron chi connectivity index (χ0n) is 20.3. The van der Waals surface area contributed by atoms with Crippen LogP contribution in [0.3, 0.4) is 0 Å². The highest BCUT2D eigenvalue weighted by Crippen LogP contribution is 2.44. The molecule has 8 heteroatoms. The number of aliphatic hydroxyl groups is 2. The van der Waals surface area contributed by atoms with Crippen LogP contribution >= 0.6 is 0 Å². The highest BCUT2D eigenvalue weighted by Gasteiger charge is 2.60. The Morgan fingerprint density at radius 1 is 0.972 bits per heavy atom. The quantitative estimate of drug-likeness (QED) is 0.377. The van der Waals surface area contributed by atoms with Gasteiger partial charge in [-0.1, -0.05) is 85.3 Å². The van der Waals surface area contributed by atoms with Gasteiger partial charge in [-0.15, -0.1) is 0 Å². The number of nitrogens with zero attached hydrogens (tertiary/aromatic N) is 2. The average Bonchev–Trinajstić information content (AvgIpc) is 3.11. The third-order valence-corrected chi connectivity index (χ3v) is 8.00. The summed E-state index contributed by atoms with van der Waals surface area (Å²) in [4.78, 5) is 18.4. The van der Waals surface area contributed by atoms with Crippen LogP contribution in [0.5, 0.6) is 0 Å². The zero-order valence-corrected chi connectivity index (χ0v) is 21.1. The molecule has 1 heterocycles. The molecular weight excluding hydrogens is 476 g/mol. The predicted octanol–water partition coefficient (Wildman–Crippen LogP) is 4.58. The Hall–Kier alpha value is -3.75. The van der Waals surface area contributed by atoms with Crippen LogP contribution in [0.25, 0.3) is 5.76 Å². The van der Waals surface area contributed by atoms with Crippen molar-refractivity contribution in [2.75, 3.05) is 0 Å². The van der Waals surface area contributed by atoms with Gasteiger partial charge in [0.1, 0.15) is 17.0 Å². The Labute approximate surface area is 211 Å². The Morgan fingerprint density at radius 2 is 1.53 bits per heavy atom. The normalized spacial score (nSPS) is 21.6. The van der Waals surface area contributed by atoms with E-state index in [9.17, 15) is 23.4 Å². The monoisotopic (exact) mass is 504 g/mol. The fraction of sp³-hybridized carbons (Fsp3) is 0.214. The zero-order chi connectivity index (χ0) is 26.1. The molecule has 0 aromatic heterocycles. The topological polar surface area (TPSA) is 107 Å². The molecule has 0 spiro atoms. The molecule has 7 nitrogen and oxygen atoms in total. The van der Waals surface area contributed by atoms with Crippen LogP contribution in [0.1, 0.15) is 37.0 Å². The molecule has 3 aromatic carbocycles. The lowest BCUT2D eigenvalue weighted by atomic mass is 9.94. The summed E-state index contributed by atoms with van der Waals surface area (Å²) in [5.41, 5.74) is -1.80. The number of amides is 1. The molecule has 1 aliphatic heterocycles. The summed E-state index contributed by atoms with van der Waals surface area (Å²) in [7, 11) is -4.58. The maximum absolute atomic E-state index is 14.0. The summed E-state index contributed by atoms with van der Waals surface area (Å²) in [6, 6.07) is 22.0. The lowest BCUT2D eigenvalue weighted by Gasteiger charge is -2.33. The van der Waals surface area contributed by atoms with Gasteiger partial charge in [0, 0.05) is 17.2 Å². The van der Waals surface area contributed by atoms with E-state index in [0.29, 0.717) is 16.3 Å². The van der Waals surface area contributed by atoms with Crippen molar-refractivity contribution in [3.63, 3.8) is 0 Å². The lowest BCUT2D eigenvalue weighted by Crippen LogP contribution is -2.50. The van der Waals surface area contributed by atoms with Crippen molar-refractivity contribution in [2.24, 2.45) is 4.99 Å². The smallest absolute Gasteiger partial charge is 0.276 e. The van der Waals surface area contributed by atoms with Crippen LogP contribution in [0.4, 0.5) is 0 Å². The number of hydrogen-bond acceptors (Lipinski definition) is 6. The van der Waals surface area contributed by atoms with Gasteiger partial charge in [0.05, 0.1) is 4.90 Å². The number of rotatable bonds is 6. The SMILES string of the molecule is CCC(C)N=C1/C(=C(\O)c2ccccc2)C(=O)N(S(=O)(=O)c2ccc(C)cc2)C1(O)c1ccccc1. The van der Waals surface area contributed by atoms with Crippen molar-refractivity contribution in [3.8, 4) is 0 Å². The van der Waals surface area contributed by atoms with Gasteiger partial charge in [0.25, 0.3) is 15.9 Å². The second-order valence-corrected chi connectivity index (χ2v) is 10.5. The van der Waals surface area contributed by atoms with Crippen molar-refractivity contribution >= 4 is 27.4 Å². The summed E-state index contributed by atoms with van der Waals surface area (Å²) >= 11 is 0. The molecule has 186 valence electrons. The van der Waals surface area contributed by atoms with Crippen LogP contribution in [0.2, 0.25) is 0 Å². The third-order valence-electron chi connectivity index (χ3n) is 6.22. The number of carbonyl (C=O) groups is 1. The summed E-state index contributed by atoms with van der Waals surface area (Å²) in [6.45, 7) is 5.49. The van der Waals surface area contributed by atoms with E-state index in [1.807, 2.05) is 13.8 Å². The first-order chi connectivity index (χ1) is 17.1. The Morgan fingerprint density at radius 3 is 2.08 bits per heavy atom. The van der Waals surface area contributed by atoms with Crippen molar-refractivity contribution in [2.45, 2.75) is 43.9 Å². The van der Waals surface area contributed by atoms with E-state index >= 15 is 0 Å². The van der Waals surface area contributed by atoms with Crippen LogP contribution < -0.4 is 0 Å². The molecule has 1 amide bonds. The van der Waals surface area contributed by atoms with Crippen molar-refractivity contribution < 1.29 is 23.4 Å². The Kier molecular flexibility index (Phi) is 6.84. The fourth-order valence-corrected chi connectivity index (χ4v) is 5.60. The lowest BCUT2D eigenvalue weighted by molar-refractivity contribution is -0.129. The minimum atomic E-state index is -4.58. The fourth-order valence-electron chi connectivity index (χ4n) is 4.06. The molecule has 3 aromatic rings. The molecule has 0 saturated carbocycles. The number of sulfonamides is 1. The number of aryl methyl sites for hydroxylation is 1. The first kappa shape index (κ1) is 25.3. The highest BCUT2D eigenvalue weighted by atomic mass is 32.2. The maximum atomic E-state index is 14.0. The van der Waals surface area contributed by atoms with Crippen LogP contribution in [0.15, 0.2) is 100 Å². The summed E-state index contributed by atoms with van der Waals surface area (Å²) < 4.78 is 28.3. The van der Waals surface area contributed by atoms with E-state index in [0.717, 1.165) is 5.56 Å². The Bertz CT molecular complexity index is 1430. The van der Waals surface area contributed by atoms with E-state index in [1.165, 1.54) is 24.3 Å². The minimum Gasteiger partial charge on any atom is -0.506 e. The van der Waals surface area contributed by atoms with Crippen molar-refractivity contribution in [1.29, 1.82) is 0 Å². The van der Waals surface area contributed by atoms with Crippen LogP contribution in [-0.2, 0) is 20.5 Å². The molecule has 1 fully saturated rings. The predicted molar refractivity (Wildman–Crippen MR) is 139 cm³/mol. The van der Waals surface area contributed by atoms with Gasteiger partial charge < -0.3 is 10.2 Å². The first-order valence-electron chi connectivity index (χ1n) is 11.6. The second-order valence-electron chi connectivity index (χ2n) is 8.75. The van der Waals surface area contributed by atoms with Gasteiger partial charge in [-0.3, -0.25) is 9.79 Å². The van der Waals surface area contributed by atoms with Gasteiger partial charge in [-0.25, -0.2) is 8.42 Å². The minimum absolute atomic E-state index is 0.131. The van der Waals surface area contributed by atoms with E-state index in [2.05, 4.69) is 4.99 Å². The Balaban J connectivity index is 2.09. The van der Waals surface area contributed by atoms with Crippen LogP contribution in [0, 0.1) is 6.92 Å². The van der Waals surface area contributed by atoms with Crippen molar-refractivity contribution in [3.05, 3.63) is 107 Å². The molecular formula is C28H28N2O5S. The number of carbonyl (C=O) groups excluding carboxylic acids is 1. The average molecular weight is 505 g/mol. The highest BCUT2D eigenvalue weighted by molar-refractivity contribution is 7.89. The van der Waals surface area contributed by atoms with E-state index in [1.54, 1.807) is 67.6 Å². The van der Waals surface area contributed by atoms with Gasteiger partial charge in [-0.2, -0.15) is 4.31 Å².